The minimum atomic E-state index is -0.770. The van der Waals surface area contributed by atoms with E-state index in [0.717, 1.165) is 0 Å². The van der Waals surface area contributed by atoms with Crippen molar-refractivity contribution in [3.8, 4) is 11.5 Å². The van der Waals surface area contributed by atoms with Crippen molar-refractivity contribution in [2.24, 2.45) is 0 Å². The summed E-state index contributed by atoms with van der Waals surface area (Å²) in [5, 5.41) is 11.3. The van der Waals surface area contributed by atoms with E-state index >= 15 is 0 Å². The molecule has 1 atom stereocenters. The maximum atomic E-state index is 13.2. The number of hydrogen-bond acceptors (Lipinski definition) is 7. The molecule has 2 aromatic rings. The lowest BCUT2D eigenvalue weighted by atomic mass is 9.96. The topological polar surface area (TPSA) is 98.2 Å². The summed E-state index contributed by atoms with van der Waals surface area (Å²) in [5.41, 5.74) is 0.963. The van der Waals surface area contributed by atoms with Crippen LogP contribution in [0.25, 0.3) is 5.76 Å². The van der Waals surface area contributed by atoms with Crippen molar-refractivity contribution in [1.29, 1.82) is 0 Å². The highest BCUT2D eigenvalue weighted by atomic mass is 16.5. The first kappa shape index (κ1) is 25.2. The van der Waals surface area contributed by atoms with Crippen LogP contribution in [0.1, 0.15) is 51.3 Å². The van der Waals surface area contributed by atoms with Gasteiger partial charge >= 0.3 is 0 Å². The molecule has 1 aliphatic rings. The van der Waals surface area contributed by atoms with Crippen LogP contribution in [0.4, 0.5) is 0 Å². The second-order valence-corrected chi connectivity index (χ2v) is 8.08. The Kier molecular flexibility index (Phi) is 8.65. The van der Waals surface area contributed by atoms with E-state index in [4.69, 9.17) is 14.2 Å². The number of carbonyl (C=O) groups is 2. The summed E-state index contributed by atoms with van der Waals surface area (Å²) in [6, 6.07) is 7.75. The van der Waals surface area contributed by atoms with Gasteiger partial charge in [0.05, 0.1) is 36.5 Å². The highest BCUT2D eigenvalue weighted by Gasteiger charge is 2.46. The summed E-state index contributed by atoms with van der Waals surface area (Å²) >= 11 is 0. The number of likely N-dealkylation sites (tertiary alicyclic amines) is 1. The van der Waals surface area contributed by atoms with Gasteiger partial charge in [0.15, 0.2) is 0 Å². The molecule has 3 rings (SSSR count). The van der Waals surface area contributed by atoms with Gasteiger partial charge in [-0.15, -0.1) is 0 Å². The summed E-state index contributed by atoms with van der Waals surface area (Å²) in [6.45, 7) is 9.16. The maximum Gasteiger partial charge on any atom is 0.295 e. The molecule has 1 N–H and O–H groups in total. The van der Waals surface area contributed by atoms with Crippen molar-refractivity contribution in [3.05, 3.63) is 59.4 Å². The van der Waals surface area contributed by atoms with E-state index in [1.807, 2.05) is 27.7 Å². The van der Waals surface area contributed by atoms with Crippen LogP contribution < -0.4 is 9.47 Å². The van der Waals surface area contributed by atoms with Crippen LogP contribution >= 0.6 is 0 Å². The molecule has 1 aromatic heterocycles. The zero-order valence-electron chi connectivity index (χ0n) is 20.1. The van der Waals surface area contributed by atoms with Crippen LogP contribution in [0.15, 0.2) is 48.3 Å². The molecule has 0 saturated carbocycles. The number of benzene rings is 1. The van der Waals surface area contributed by atoms with Crippen LogP contribution in [-0.4, -0.2) is 59.2 Å². The lowest BCUT2D eigenvalue weighted by molar-refractivity contribution is -0.140. The number of aromatic nitrogens is 1. The molecule has 1 saturated heterocycles. The van der Waals surface area contributed by atoms with Crippen LogP contribution in [0.5, 0.6) is 11.5 Å². The molecule has 34 heavy (non-hydrogen) atoms. The Morgan fingerprint density at radius 3 is 2.56 bits per heavy atom. The SMILES string of the molecule is CCOc1ccc(/C(O)=C2/C(=O)C(=O)N(CCCOC(C)C)C2c2cccnc2)c(OCC)c1. The van der Waals surface area contributed by atoms with Gasteiger partial charge in [-0.05, 0) is 57.9 Å². The molecule has 0 bridgehead atoms. The lowest BCUT2D eigenvalue weighted by Crippen LogP contribution is -2.31. The Hall–Kier alpha value is -3.39. The Morgan fingerprint density at radius 1 is 1.15 bits per heavy atom. The number of Topliss-reactive ketones (excluding diaryl/α,β-unsaturated/α-hetero) is 1. The van der Waals surface area contributed by atoms with Gasteiger partial charge in [0.1, 0.15) is 17.3 Å². The number of carbonyl (C=O) groups excluding carboxylic acids is 2. The standard InChI is InChI=1S/C26H32N2O6/c1-5-32-19-10-11-20(21(15-19)33-6-2)24(29)22-23(18-9-7-12-27-16-18)28(26(31)25(22)30)13-8-14-34-17(3)4/h7,9-12,15-17,23,29H,5-6,8,13-14H2,1-4H3/b24-22-. The number of hydrogen-bond donors (Lipinski definition) is 1. The first-order valence-corrected chi connectivity index (χ1v) is 11.6. The highest BCUT2D eigenvalue weighted by molar-refractivity contribution is 6.46. The van der Waals surface area contributed by atoms with Crippen molar-refractivity contribution in [1.82, 2.24) is 9.88 Å². The molecule has 0 aliphatic carbocycles. The Bertz CT molecular complexity index is 1030. The van der Waals surface area contributed by atoms with Crippen LogP contribution in [0.3, 0.4) is 0 Å². The molecule has 8 nitrogen and oxygen atoms in total. The molecule has 1 aliphatic heterocycles. The molecule has 0 radical (unpaired) electrons. The van der Waals surface area contributed by atoms with Gasteiger partial charge in [0.2, 0.25) is 0 Å². The number of nitrogens with zero attached hydrogens (tertiary/aromatic N) is 2. The Morgan fingerprint density at radius 2 is 1.91 bits per heavy atom. The van der Waals surface area contributed by atoms with Crippen molar-refractivity contribution >= 4 is 17.4 Å². The van der Waals surface area contributed by atoms with Gasteiger partial charge in [-0.25, -0.2) is 0 Å². The number of amides is 1. The van der Waals surface area contributed by atoms with Gasteiger partial charge in [-0.1, -0.05) is 6.07 Å². The fraction of sp³-hybridized carbons (Fsp3) is 0.423. The number of aliphatic hydroxyl groups excluding tert-OH is 1. The molecular formula is C26H32N2O6. The van der Waals surface area contributed by atoms with E-state index in [0.29, 0.717) is 55.4 Å². The quantitative estimate of drug-likeness (QED) is 0.229. The van der Waals surface area contributed by atoms with Gasteiger partial charge in [-0.2, -0.15) is 0 Å². The predicted molar refractivity (Wildman–Crippen MR) is 128 cm³/mol. The molecule has 1 fully saturated rings. The average molecular weight is 469 g/mol. The van der Waals surface area contributed by atoms with Gasteiger partial charge < -0.3 is 24.2 Å². The van der Waals surface area contributed by atoms with E-state index in [2.05, 4.69) is 4.98 Å². The molecular weight excluding hydrogens is 436 g/mol. The predicted octanol–water partition coefficient (Wildman–Crippen LogP) is 4.12. The van der Waals surface area contributed by atoms with E-state index < -0.39 is 17.7 Å². The first-order valence-electron chi connectivity index (χ1n) is 11.6. The van der Waals surface area contributed by atoms with Gasteiger partial charge in [0.25, 0.3) is 11.7 Å². The van der Waals surface area contributed by atoms with E-state index in [-0.39, 0.29) is 17.4 Å². The second kappa shape index (κ2) is 11.7. The second-order valence-electron chi connectivity index (χ2n) is 8.08. The molecule has 1 aromatic carbocycles. The summed E-state index contributed by atoms with van der Waals surface area (Å²) in [6.07, 6.45) is 3.84. The van der Waals surface area contributed by atoms with Crippen molar-refractivity contribution in [2.45, 2.75) is 46.3 Å². The molecule has 0 spiro atoms. The van der Waals surface area contributed by atoms with Crippen molar-refractivity contribution < 1.29 is 28.9 Å². The number of ether oxygens (including phenoxy) is 3. The van der Waals surface area contributed by atoms with Crippen molar-refractivity contribution in [3.63, 3.8) is 0 Å². The molecule has 2 heterocycles. The number of aliphatic hydroxyl groups is 1. The number of pyridine rings is 1. The Labute approximate surface area is 200 Å². The summed E-state index contributed by atoms with van der Waals surface area (Å²) < 4.78 is 16.9. The van der Waals surface area contributed by atoms with Crippen LogP contribution in [0.2, 0.25) is 0 Å². The molecule has 182 valence electrons. The Balaban J connectivity index is 2.07. The summed E-state index contributed by atoms with van der Waals surface area (Å²) in [7, 11) is 0. The van der Waals surface area contributed by atoms with E-state index in [1.165, 1.54) is 4.90 Å². The number of ketones is 1. The fourth-order valence-corrected chi connectivity index (χ4v) is 3.92. The average Bonchev–Trinajstić information content (AvgIpc) is 3.07. The largest absolute Gasteiger partial charge is 0.507 e. The fourth-order valence-electron chi connectivity index (χ4n) is 3.92. The zero-order chi connectivity index (χ0) is 24.7. The smallest absolute Gasteiger partial charge is 0.295 e. The third-order valence-corrected chi connectivity index (χ3v) is 5.35. The minimum absolute atomic E-state index is 0.00731. The van der Waals surface area contributed by atoms with Crippen molar-refractivity contribution in [2.75, 3.05) is 26.4 Å². The van der Waals surface area contributed by atoms with Gasteiger partial charge in [-0.3, -0.25) is 14.6 Å². The molecule has 1 amide bonds. The van der Waals surface area contributed by atoms with E-state index in [9.17, 15) is 14.7 Å². The summed E-state index contributed by atoms with van der Waals surface area (Å²) in [5.74, 6) is -0.750. The monoisotopic (exact) mass is 468 g/mol. The molecule has 8 heteroatoms. The maximum absolute atomic E-state index is 13.2. The number of rotatable bonds is 11. The lowest BCUT2D eigenvalue weighted by Gasteiger charge is -2.25. The molecule has 1 unspecified atom stereocenters. The first-order chi connectivity index (χ1) is 16.4. The third-order valence-electron chi connectivity index (χ3n) is 5.35. The highest BCUT2D eigenvalue weighted by Crippen LogP contribution is 2.41. The summed E-state index contributed by atoms with van der Waals surface area (Å²) in [4.78, 5) is 31.8. The minimum Gasteiger partial charge on any atom is -0.507 e. The van der Waals surface area contributed by atoms with E-state index in [1.54, 1.807) is 42.7 Å². The van der Waals surface area contributed by atoms with Gasteiger partial charge in [0, 0.05) is 31.6 Å². The normalized spacial score (nSPS) is 17.4. The zero-order valence-corrected chi connectivity index (χ0v) is 20.1. The van der Waals surface area contributed by atoms with Crippen LogP contribution in [0, 0.1) is 0 Å². The third kappa shape index (κ3) is 5.56. The van der Waals surface area contributed by atoms with Crippen LogP contribution in [-0.2, 0) is 14.3 Å².